The number of anilines is 3. The molecule has 0 atom stereocenters. The predicted octanol–water partition coefficient (Wildman–Crippen LogP) is 17.4. The van der Waals surface area contributed by atoms with Gasteiger partial charge in [-0.05, 0) is 125 Å². The predicted molar refractivity (Wildman–Crippen MR) is 274 cm³/mol. The summed E-state index contributed by atoms with van der Waals surface area (Å²) >= 11 is 0. The first kappa shape index (κ1) is 38.3. The highest BCUT2D eigenvalue weighted by atomic mass is 16.3. The largest absolute Gasteiger partial charge is 0.455 e. The van der Waals surface area contributed by atoms with Gasteiger partial charge in [0.25, 0.3) is 0 Å². The summed E-state index contributed by atoms with van der Waals surface area (Å²) in [6, 6.07) is 83.3. The normalized spacial score (nSPS) is 11.5. The molecule has 3 nitrogen and oxygen atoms in total. The number of rotatable bonds is 8. The van der Waals surface area contributed by atoms with E-state index in [0.717, 1.165) is 66.9 Å². The van der Waals surface area contributed by atoms with Crippen LogP contribution in [0.15, 0.2) is 235 Å². The molecule has 0 unspecified atom stereocenters. The van der Waals surface area contributed by atoms with Crippen molar-refractivity contribution in [2.45, 2.75) is 13.8 Å². The lowest BCUT2D eigenvalue weighted by atomic mass is 9.92. The first-order valence-electron chi connectivity index (χ1n) is 22.3. The number of furan rings is 1. The van der Waals surface area contributed by atoms with Crippen LogP contribution in [0.4, 0.5) is 17.1 Å². The Balaban J connectivity index is 1.14. The average molecular weight is 833 g/mol. The van der Waals surface area contributed by atoms with E-state index in [9.17, 15) is 0 Å². The minimum absolute atomic E-state index is 0.863. The molecule has 0 amide bonds. The van der Waals surface area contributed by atoms with E-state index >= 15 is 0 Å². The lowest BCUT2D eigenvalue weighted by Crippen LogP contribution is -2.13. The van der Waals surface area contributed by atoms with Gasteiger partial charge >= 0.3 is 0 Å². The average Bonchev–Trinajstić information content (AvgIpc) is 3.91. The van der Waals surface area contributed by atoms with E-state index in [0.29, 0.717) is 0 Å². The molecule has 0 fully saturated rings. The van der Waals surface area contributed by atoms with E-state index in [2.05, 4.69) is 254 Å². The molecular weight excluding hydrogens is 789 g/mol. The molecule has 2 aromatic heterocycles. The van der Waals surface area contributed by atoms with Crippen molar-refractivity contribution in [1.29, 1.82) is 0 Å². The quantitative estimate of drug-likeness (QED) is 0.152. The monoisotopic (exact) mass is 832 g/mol. The Morgan fingerprint density at radius 2 is 0.938 bits per heavy atom. The van der Waals surface area contributed by atoms with Gasteiger partial charge in [0.15, 0.2) is 0 Å². The zero-order chi connectivity index (χ0) is 43.4. The molecule has 0 saturated heterocycles. The lowest BCUT2D eigenvalue weighted by Gasteiger charge is -2.31. The zero-order valence-electron chi connectivity index (χ0n) is 36.2. The smallest absolute Gasteiger partial charge is 0.143 e. The molecule has 0 aliphatic heterocycles. The van der Waals surface area contributed by atoms with E-state index in [-0.39, 0.29) is 0 Å². The van der Waals surface area contributed by atoms with E-state index < -0.39 is 0 Å². The van der Waals surface area contributed by atoms with E-state index in [1.54, 1.807) is 0 Å². The number of aromatic nitrogens is 1. The zero-order valence-corrected chi connectivity index (χ0v) is 36.2. The van der Waals surface area contributed by atoms with E-state index in [1.165, 1.54) is 55.2 Å². The maximum atomic E-state index is 6.90. The van der Waals surface area contributed by atoms with Crippen LogP contribution in [0.5, 0.6) is 0 Å². The summed E-state index contributed by atoms with van der Waals surface area (Å²) in [4.78, 5) is 2.48. The van der Waals surface area contributed by atoms with Gasteiger partial charge in [0.05, 0.1) is 16.7 Å². The third-order valence-corrected chi connectivity index (χ3v) is 13.0. The number of hydrogen-bond donors (Lipinski definition) is 0. The van der Waals surface area contributed by atoms with Gasteiger partial charge in [0.2, 0.25) is 0 Å². The second kappa shape index (κ2) is 15.7. The first-order valence-corrected chi connectivity index (χ1v) is 22.3. The molecule has 12 aromatic rings. The van der Waals surface area contributed by atoms with Gasteiger partial charge in [-0.15, -0.1) is 0 Å². The molecule has 10 aromatic carbocycles. The Kier molecular flexibility index (Phi) is 9.28. The van der Waals surface area contributed by atoms with Gasteiger partial charge in [-0.3, -0.25) is 0 Å². The molecule has 308 valence electrons. The maximum Gasteiger partial charge on any atom is 0.143 e. The highest BCUT2D eigenvalue weighted by Gasteiger charge is 2.25. The summed E-state index contributed by atoms with van der Waals surface area (Å²) < 4.78 is 9.29. The van der Waals surface area contributed by atoms with Gasteiger partial charge in [0, 0.05) is 49.7 Å². The number of hydrogen-bond acceptors (Lipinski definition) is 2. The number of aryl methyl sites for hydroxylation is 2. The molecule has 3 heteroatoms. The number of fused-ring (bicyclic) bond motifs is 6. The molecule has 12 rings (SSSR count). The van der Waals surface area contributed by atoms with Gasteiger partial charge in [-0.1, -0.05) is 164 Å². The van der Waals surface area contributed by atoms with Crippen LogP contribution in [0, 0.1) is 13.8 Å². The number of benzene rings is 10. The highest BCUT2D eigenvalue weighted by Crippen LogP contribution is 2.49. The second-order valence-corrected chi connectivity index (χ2v) is 17.0. The van der Waals surface area contributed by atoms with Crippen molar-refractivity contribution in [2.24, 2.45) is 0 Å². The first-order chi connectivity index (χ1) is 32.1. The molecule has 2 heterocycles. The van der Waals surface area contributed by atoms with Crippen LogP contribution < -0.4 is 4.90 Å². The third-order valence-electron chi connectivity index (χ3n) is 13.0. The van der Waals surface area contributed by atoms with Gasteiger partial charge in [-0.2, -0.15) is 0 Å². The van der Waals surface area contributed by atoms with Gasteiger partial charge < -0.3 is 13.9 Å². The van der Waals surface area contributed by atoms with Crippen molar-refractivity contribution in [3.8, 4) is 50.2 Å². The summed E-state index contributed by atoms with van der Waals surface area (Å²) in [5, 5.41) is 4.63. The Labute approximate surface area is 378 Å². The van der Waals surface area contributed by atoms with Crippen LogP contribution in [-0.4, -0.2) is 4.57 Å². The maximum absolute atomic E-state index is 6.90. The van der Waals surface area contributed by atoms with Crippen LogP contribution in [0.25, 0.3) is 93.9 Å². The molecule has 0 saturated carbocycles. The number of nitrogens with zero attached hydrogens (tertiary/aromatic N) is 2. The minimum atomic E-state index is 0.863. The molecular formula is C62H44N2O. The summed E-state index contributed by atoms with van der Waals surface area (Å²) in [7, 11) is 0. The SMILES string of the molecule is Cc1cc(N(c2cc(-c3cccc(-n4c5ccccc5c5ccccc54)c3)c3oc4ccccc4c3c2)c2c(C)cc(-c3ccccc3)cc2-c2ccccc2)ccc1-c1ccccc1. The van der Waals surface area contributed by atoms with Crippen molar-refractivity contribution in [3.05, 3.63) is 242 Å². The molecule has 0 spiro atoms. The lowest BCUT2D eigenvalue weighted by molar-refractivity contribution is 0.670. The van der Waals surface area contributed by atoms with Crippen molar-refractivity contribution < 1.29 is 4.42 Å². The van der Waals surface area contributed by atoms with Crippen LogP contribution >= 0.6 is 0 Å². The van der Waals surface area contributed by atoms with Crippen molar-refractivity contribution in [3.63, 3.8) is 0 Å². The summed E-state index contributed by atoms with van der Waals surface area (Å²) in [6.07, 6.45) is 0. The molecule has 0 N–H and O–H groups in total. The standard InChI is InChI=1S/C62H44N2O/c1-41-36-49(33-34-51(41)44-21-8-4-9-22-44)63(61-42(2)35-47(43-19-6-3-7-20-43)38-55(61)45-23-10-5-11-24-45)50-39-56(62-57(40-50)54-29-14-17-32-60(54)65-62)46-25-18-26-48(37-46)64-58-30-15-12-27-52(58)53-28-13-16-31-59(53)64/h3-40H,1-2H3. The molecule has 0 bridgehead atoms. The van der Waals surface area contributed by atoms with E-state index in [4.69, 9.17) is 4.42 Å². The summed E-state index contributed by atoms with van der Waals surface area (Å²) in [5.74, 6) is 0. The molecule has 65 heavy (non-hydrogen) atoms. The third kappa shape index (κ3) is 6.60. The van der Waals surface area contributed by atoms with Gasteiger partial charge in [0.1, 0.15) is 11.2 Å². The van der Waals surface area contributed by atoms with Gasteiger partial charge in [-0.25, -0.2) is 0 Å². The van der Waals surface area contributed by atoms with Crippen LogP contribution in [0.1, 0.15) is 11.1 Å². The van der Waals surface area contributed by atoms with Crippen molar-refractivity contribution >= 4 is 60.8 Å². The Morgan fingerprint density at radius 3 is 1.62 bits per heavy atom. The summed E-state index contributed by atoms with van der Waals surface area (Å²) in [6.45, 7) is 4.49. The molecule has 0 radical (unpaired) electrons. The fourth-order valence-corrected chi connectivity index (χ4v) is 10.0. The fraction of sp³-hybridized carbons (Fsp3) is 0.0323. The van der Waals surface area contributed by atoms with Crippen molar-refractivity contribution in [2.75, 3.05) is 4.90 Å². The molecule has 0 aliphatic carbocycles. The topological polar surface area (TPSA) is 21.3 Å². The number of para-hydroxylation sites is 3. The Morgan fingerprint density at radius 1 is 0.354 bits per heavy atom. The fourth-order valence-electron chi connectivity index (χ4n) is 10.0. The van der Waals surface area contributed by atoms with Crippen LogP contribution in [0.3, 0.4) is 0 Å². The van der Waals surface area contributed by atoms with Crippen LogP contribution in [-0.2, 0) is 0 Å². The highest BCUT2D eigenvalue weighted by molar-refractivity contribution is 6.13. The Bertz CT molecular complexity index is 3680. The molecule has 0 aliphatic rings. The minimum Gasteiger partial charge on any atom is -0.455 e. The van der Waals surface area contributed by atoms with E-state index in [1.807, 2.05) is 0 Å². The second-order valence-electron chi connectivity index (χ2n) is 17.0. The van der Waals surface area contributed by atoms with Crippen molar-refractivity contribution in [1.82, 2.24) is 4.57 Å². The van der Waals surface area contributed by atoms with Crippen LogP contribution in [0.2, 0.25) is 0 Å². The summed E-state index contributed by atoms with van der Waals surface area (Å²) in [5.41, 5.74) is 20.0. The Hall–Kier alpha value is -8.40.